The molecule has 0 saturated carbocycles. The molecule has 0 saturated heterocycles. The Morgan fingerprint density at radius 1 is 0.963 bits per heavy atom. The first-order chi connectivity index (χ1) is 13.1. The summed E-state index contributed by atoms with van der Waals surface area (Å²) < 4.78 is 5.12. The molecule has 2 amide bonds. The second kappa shape index (κ2) is 8.48. The summed E-state index contributed by atoms with van der Waals surface area (Å²) in [7, 11) is 0. The molecular formula is C20H18N4O3. The number of hydrogen-bond donors (Lipinski definition) is 3. The molecule has 0 aliphatic heterocycles. The van der Waals surface area contributed by atoms with Crippen LogP contribution in [0.3, 0.4) is 0 Å². The molecule has 0 aliphatic carbocycles. The number of ether oxygens (including phenoxy) is 1. The Bertz CT molecular complexity index is 927. The molecule has 0 atom stereocenters. The molecule has 7 heteroatoms. The van der Waals surface area contributed by atoms with Gasteiger partial charge in [-0.3, -0.25) is 15.1 Å². The van der Waals surface area contributed by atoms with E-state index < -0.39 is 6.09 Å². The third kappa shape index (κ3) is 5.05. The van der Waals surface area contributed by atoms with Gasteiger partial charge >= 0.3 is 6.09 Å². The number of carbonyl (C=O) groups is 2. The van der Waals surface area contributed by atoms with Crippen molar-refractivity contribution in [1.29, 1.82) is 0 Å². The number of nitrogen functional groups attached to an aromatic ring is 1. The van der Waals surface area contributed by atoms with Gasteiger partial charge in [0, 0.05) is 29.2 Å². The summed E-state index contributed by atoms with van der Waals surface area (Å²) >= 11 is 0. The van der Waals surface area contributed by atoms with Crippen molar-refractivity contribution in [2.75, 3.05) is 16.4 Å². The minimum Gasteiger partial charge on any atom is -0.444 e. The van der Waals surface area contributed by atoms with E-state index >= 15 is 0 Å². The van der Waals surface area contributed by atoms with Gasteiger partial charge in [-0.15, -0.1) is 0 Å². The predicted molar refractivity (Wildman–Crippen MR) is 103 cm³/mol. The molecule has 0 spiro atoms. The molecule has 136 valence electrons. The number of anilines is 3. The molecule has 0 fully saturated rings. The van der Waals surface area contributed by atoms with Crippen molar-refractivity contribution in [2.24, 2.45) is 0 Å². The van der Waals surface area contributed by atoms with Crippen LogP contribution < -0.4 is 16.4 Å². The van der Waals surface area contributed by atoms with Crippen molar-refractivity contribution in [3.63, 3.8) is 0 Å². The molecule has 0 radical (unpaired) electrons. The fourth-order valence-corrected chi connectivity index (χ4v) is 2.30. The number of carbonyl (C=O) groups excluding carboxylic acids is 2. The van der Waals surface area contributed by atoms with Gasteiger partial charge in [-0.2, -0.15) is 0 Å². The van der Waals surface area contributed by atoms with E-state index in [0.29, 0.717) is 22.6 Å². The minimum atomic E-state index is -0.590. The maximum atomic E-state index is 12.3. The van der Waals surface area contributed by atoms with Gasteiger partial charge in [0.1, 0.15) is 6.61 Å². The maximum Gasteiger partial charge on any atom is 0.411 e. The van der Waals surface area contributed by atoms with Crippen LogP contribution in [0.15, 0.2) is 73.1 Å². The number of rotatable bonds is 5. The average Bonchev–Trinajstić information content (AvgIpc) is 2.69. The van der Waals surface area contributed by atoms with E-state index in [0.717, 1.165) is 5.56 Å². The molecule has 1 heterocycles. The summed E-state index contributed by atoms with van der Waals surface area (Å²) in [5.41, 5.74) is 8.59. The van der Waals surface area contributed by atoms with E-state index in [4.69, 9.17) is 10.5 Å². The molecule has 0 bridgehead atoms. The van der Waals surface area contributed by atoms with Crippen molar-refractivity contribution < 1.29 is 14.3 Å². The third-order valence-corrected chi connectivity index (χ3v) is 3.70. The maximum absolute atomic E-state index is 12.3. The van der Waals surface area contributed by atoms with Crippen LogP contribution in [0.4, 0.5) is 21.9 Å². The van der Waals surface area contributed by atoms with Crippen LogP contribution in [0, 0.1) is 0 Å². The zero-order valence-electron chi connectivity index (χ0n) is 14.4. The van der Waals surface area contributed by atoms with Crippen molar-refractivity contribution >= 4 is 29.1 Å². The lowest BCUT2D eigenvalue weighted by molar-refractivity contribution is 0.102. The number of pyridine rings is 1. The smallest absolute Gasteiger partial charge is 0.411 e. The monoisotopic (exact) mass is 362 g/mol. The normalized spacial score (nSPS) is 10.1. The van der Waals surface area contributed by atoms with Crippen molar-refractivity contribution in [3.05, 3.63) is 84.2 Å². The quantitative estimate of drug-likeness (QED) is 0.601. The Morgan fingerprint density at radius 3 is 2.44 bits per heavy atom. The zero-order valence-corrected chi connectivity index (χ0v) is 14.4. The highest BCUT2D eigenvalue weighted by Crippen LogP contribution is 2.18. The standard InChI is InChI=1S/C20H18N4O3/c21-17-5-1-2-6-18(17)24-19(25)15-7-9-16(10-8-15)23-20(26)27-13-14-4-3-11-22-12-14/h1-12H,13,21H2,(H,23,26)(H,24,25). The third-order valence-electron chi connectivity index (χ3n) is 3.70. The number of hydrogen-bond acceptors (Lipinski definition) is 5. The van der Waals surface area contributed by atoms with E-state index in [1.54, 1.807) is 67.0 Å². The van der Waals surface area contributed by atoms with E-state index in [1.165, 1.54) is 0 Å². The number of nitrogens with zero attached hydrogens (tertiary/aromatic N) is 1. The summed E-state index contributed by atoms with van der Waals surface area (Å²) in [5, 5.41) is 5.35. The van der Waals surface area contributed by atoms with Crippen molar-refractivity contribution in [1.82, 2.24) is 4.98 Å². The van der Waals surface area contributed by atoms with Crippen LogP contribution in [-0.4, -0.2) is 17.0 Å². The number of amides is 2. The lowest BCUT2D eigenvalue weighted by Gasteiger charge is -2.09. The highest BCUT2D eigenvalue weighted by Gasteiger charge is 2.09. The summed E-state index contributed by atoms with van der Waals surface area (Å²) in [6, 6.07) is 17.0. The topological polar surface area (TPSA) is 106 Å². The number of para-hydroxylation sites is 2. The highest BCUT2D eigenvalue weighted by atomic mass is 16.5. The minimum absolute atomic E-state index is 0.124. The van der Waals surface area contributed by atoms with Gasteiger partial charge in [0.15, 0.2) is 0 Å². The second-order valence-electron chi connectivity index (χ2n) is 5.68. The van der Waals surface area contributed by atoms with Gasteiger partial charge in [-0.25, -0.2) is 4.79 Å². The van der Waals surface area contributed by atoms with Crippen molar-refractivity contribution in [2.45, 2.75) is 6.61 Å². The van der Waals surface area contributed by atoms with Gasteiger partial charge in [0.2, 0.25) is 0 Å². The van der Waals surface area contributed by atoms with Crippen LogP contribution in [0.2, 0.25) is 0 Å². The summed E-state index contributed by atoms with van der Waals surface area (Å²) in [6.07, 6.45) is 2.68. The first kappa shape index (κ1) is 17.9. The summed E-state index contributed by atoms with van der Waals surface area (Å²) in [5.74, 6) is -0.293. The predicted octanol–water partition coefficient (Wildman–Crippen LogP) is 3.66. The molecule has 2 aromatic carbocycles. The SMILES string of the molecule is Nc1ccccc1NC(=O)c1ccc(NC(=O)OCc2cccnc2)cc1. The number of aromatic nitrogens is 1. The first-order valence-electron chi connectivity index (χ1n) is 8.20. The lowest BCUT2D eigenvalue weighted by atomic mass is 10.2. The molecule has 3 rings (SSSR count). The molecule has 4 N–H and O–H groups in total. The van der Waals surface area contributed by atoms with E-state index in [-0.39, 0.29) is 12.5 Å². The Kier molecular flexibility index (Phi) is 5.64. The van der Waals surface area contributed by atoms with E-state index in [9.17, 15) is 9.59 Å². The summed E-state index contributed by atoms with van der Waals surface area (Å²) in [6.45, 7) is 0.124. The molecule has 3 aromatic rings. The Balaban J connectivity index is 1.54. The largest absolute Gasteiger partial charge is 0.444 e. The molecule has 0 unspecified atom stereocenters. The van der Waals surface area contributed by atoms with Crippen LogP contribution >= 0.6 is 0 Å². The van der Waals surface area contributed by atoms with Gasteiger partial charge < -0.3 is 15.8 Å². The van der Waals surface area contributed by atoms with Crippen molar-refractivity contribution in [3.8, 4) is 0 Å². The molecule has 27 heavy (non-hydrogen) atoms. The van der Waals surface area contributed by atoms with Gasteiger partial charge in [-0.1, -0.05) is 18.2 Å². The van der Waals surface area contributed by atoms with E-state index in [1.807, 2.05) is 6.07 Å². The van der Waals surface area contributed by atoms with Crippen LogP contribution in [0.1, 0.15) is 15.9 Å². The molecular weight excluding hydrogens is 344 g/mol. The average molecular weight is 362 g/mol. The van der Waals surface area contributed by atoms with Crippen LogP contribution in [0.5, 0.6) is 0 Å². The van der Waals surface area contributed by atoms with Gasteiger partial charge in [-0.05, 0) is 42.5 Å². The zero-order chi connectivity index (χ0) is 19.1. The molecule has 1 aromatic heterocycles. The van der Waals surface area contributed by atoms with Crippen LogP contribution in [-0.2, 0) is 11.3 Å². The number of nitrogens with two attached hydrogens (primary N) is 1. The highest BCUT2D eigenvalue weighted by molar-refractivity contribution is 6.06. The fourth-order valence-electron chi connectivity index (χ4n) is 2.30. The van der Waals surface area contributed by atoms with Gasteiger partial charge in [0.05, 0.1) is 11.4 Å². The second-order valence-corrected chi connectivity index (χ2v) is 5.68. The number of benzene rings is 2. The Labute approximate surface area is 156 Å². The Hall–Kier alpha value is -3.87. The molecule has 7 nitrogen and oxygen atoms in total. The first-order valence-corrected chi connectivity index (χ1v) is 8.20. The van der Waals surface area contributed by atoms with Gasteiger partial charge in [0.25, 0.3) is 5.91 Å². The van der Waals surface area contributed by atoms with E-state index in [2.05, 4.69) is 15.6 Å². The molecule has 0 aliphatic rings. The van der Waals surface area contributed by atoms with Crippen LogP contribution in [0.25, 0.3) is 0 Å². The Morgan fingerprint density at radius 2 is 1.74 bits per heavy atom. The summed E-state index contributed by atoms with van der Waals surface area (Å²) in [4.78, 5) is 28.1. The lowest BCUT2D eigenvalue weighted by Crippen LogP contribution is -2.15. The fraction of sp³-hybridized carbons (Fsp3) is 0.0500. The number of nitrogens with one attached hydrogen (secondary N) is 2.